The van der Waals surface area contributed by atoms with Gasteiger partial charge in [-0.05, 0) is 48.9 Å². The molecule has 0 atom stereocenters. The number of anilines is 1. The van der Waals surface area contributed by atoms with Crippen LogP contribution in [0.3, 0.4) is 0 Å². The third-order valence-corrected chi connectivity index (χ3v) is 6.63. The largest absolute Gasteiger partial charge is 0.497 e. The fourth-order valence-electron chi connectivity index (χ4n) is 4.51. The molecule has 1 aliphatic rings. The van der Waals surface area contributed by atoms with Crippen LogP contribution in [0.5, 0.6) is 11.5 Å². The first kappa shape index (κ1) is 25.2. The van der Waals surface area contributed by atoms with Crippen molar-refractivity contribution in [3.05, 3.63) is 83.9 Å². The smallest absolute Gasteiger partial charge is 0.272 e. The van der Waals surface area contributed by atoms with Crippen molar-refractivity contribution in [3.63, 3.8) is 0 Å². The summed E-state index contributed by atoms with van der Waals surface area (Å²) in [6.07, 6.45) is 0. The predicted molar refractivity (Wildman–Crippen MR) is 149 cm³/mol. The fourth-order valence-corrected chi connectivity index (χ4v) is 4.51. The molecule has 1 aliphatic heterocycles. The van der Waals surface area contributed by atoms with Crippen LogP contribution in [0.2, 0.25) is 0 Å². The molecule has 0 spiro atoms. The Bertz CT molecular complexity index is 1480. The molecular weight excluding hydrogens is 480 g/mol. The van der Waals surface area contributed by atoms with Gasteiger partial charge in [0.25, 0.3) is 5.91 Å². The Morgan fingerprint density at radius 3 is 2.47 bits per heavy atom. The Hall–Kier alpha value is -4.43. The summed E-state index contributed by atoms with van der Waals surface area (Å²) in [6, 6.07) is 23.0. The first-order valence-corrected chi connectivity index (χ1v) is 12.5. The van der Waals surface area contributed by atoms with Gasteiger partial charge in [0.1, 0.15) is 11.5 Å². The first-order valence-electron chi connectivity index (χ1n) is 12.5. The van der Waals surface area contributed by atoms with E-state index in [9.17, 15) is 4.79 Å². The molecule has 5 rings (SSSR count). The Kier molecular flexibility index (Phi) is 7.51. The lowest BCUT2D eigenvalue weighted by atomic mass is 10.0. The van der Waals surface area contributed by atoms with E-state index in [1.165, 1.54) is 0 Å². The van der Waals surface area contributed by atoms with Crippen molar-refractivity contribution in [2.75, 3.05) is 45.4 Å². The number of pyridine rings is 1. The number of hydrazone groups is 1. The summed E-state index contributed by atoms with van der Waals surface area (Å²) in [4.78, 5) is 20.5. The second kappa shape index (κ2) is 11.3. The Morgan fingerprint density at radius 1 is 0.974 bits per heavy atom. The Morgan fingerprint density at radius 2 is 1.74 bits per heavy atom. The van der Waals surface area contributed by atoms with Crippen LogP contribution in [0.15, 0.2) is 77.9 Å². The first-order chi connectivity index (χ1) is 18.6. The zero-order chi connectivity index (χ0) is 26.5. The van der Waals surface area contributed by atoms with Crippen molar-refractivity contribution in [3.8, 4) is 22.8 Å². The van der Waals surface area contributed by atoms with E-state index in [4.69, 9.17) is 19.2 Å². The van der Waals surface area contributed by atoms with Gasteiger partial charge < -0.3 is 19.1 Å². The number of amides is 1. The number of nitrogens with one attached hydrogen (secondary N) is 1. The molecule has 0 aliphatic carbocycles. The number of fused-ring (bicyclic) bond motifs is 1. The summed E-state index contributed by atoms with van der Waals surface area (Å²) in [5, 5.41) is 5.14. The molecular formula is C30H30N4O4. The van der Waals surface area contributed by atoms with Gasteiger partial charge >= 0.3 is 0 Å². The number of carbonyl (C=O) groups excluding carboxylic acids is 1. The zero-order valence-corrected chi connectivity index (χ0v) is 21.7. The fraction of sp³-hybridized carbons (Fsp3) is 0.233. The average Bonchev–Trinajstić information content (AvgIpc) is 2.99. The van der Waals surface area contributed by atoms with E-state index in [0.717, 1.165) is 48.5 Å². The summed E-state index contributed by atoms with van der Waals surface area (Å²) in [5.74, 6) is 0.960. The van der Waals surface area contributed by atoms with Crippen LogP contribution in [0.4, 0.5) is 5.69 Å². The molecule has 194 valence electrons. The maximum Gasteiger partial charge on any atom is 0.272 e. The predicted octanol–water partition coefficient (Wildman–Crippen LogP) is 4.91. The summed E-state index contributed by atoms with van der Waals surface area (Å²) >= 11 is 0. The SMILES string of the molecule is COc1ccc(-c2cc(C(=O)N/N=C(/C)c3ccc(N4CCOCC4)cc3)c3ccccc3n2)c(OC)c1. The van der Waals surface area contributed by atoms with Crippen LogP contribution in [0.25, 0.3) is 22.2 Å². The molecule has 1 fully saturated rings. The van der Waals surface area contributed by atoms with Crippen molar-refractivity contribution < 1.29 is 19.0 Å². The molecule has 8 heteroatoms. The highest BCUT2D eigenvalue weighted by Crippen LogP contribution is 2.34. The van der Waals surface area contributed by atoms with Gasteiger partial charge in [-0.2, -0.15) is 5.10 Å². The van der Waals surface area contributed by atoms with E-state index in [-0.39, 0.29) is 5.91 Å². The van der Waals surface area contributed by atoms with Crippen molar-refractivity contribution in [2.45, 2.75) is 6.92 Å². The van der Waals surface area contributed by atoms with E-state index in [2.05, 4.69) is 27.6 Å². The van der Waals surface area contributed by atoms with Gasteiger partial charge in [0, 0.05) is 35.8 Å². The minimum Gasteiger partial charge on any atom is -0.497 e. The van der Waals surface area contributed by atoms with E-state index in [0.29, 0.717) is 34.0 Å². The van der Waals surface area contributed by atoms with Crippen LogP contribution in [-0.4, -0.2) is 57.1 Å². The van der Waals surface area contributed by atoms with Gasteiger partial charge in [0.2, 0.25) is 0 Å². The van der Waals surface area contributed by atoms with Gasteiger partial charge in [-0.3, -0.25) is 4.79 Å². The minimum atomic E-state index is -0.318. The van der Waals surface area contributed by atoms with E-state index >= 15 is 0 Å². The third kappa shape index (κ3) is 5.31. The number of nitrogens with zero attached hydrogens (tertiary/aromatic N) is 3. The molecule has 1 saturated heterocycles. The molecule has 8 nitrogen and oxygen atoms in total. The number of morpholine rings is 1. The van der Waals surface area contributed by atoms with Gasteiger partial charge in [-0.1, -0.05) is 30.3 Å². The van der Waals surface area contributed by atoms with Gasteiger partial charge in [-0.25, -0.2) is 10.4 Å². The van der Waals surface area contributed by atoms with Crippen LogP contribution < -0.4 is 19.8 Å². The summed E-state index contributed by atoms with van der Waals surface area (Å²) < 4.78 is 16.3. The number of aromatic nitrogens is 1. The number of para-hydroxylation sites is 1. The van der Waals surface area contributed by atoms with Crippen molar-refractivity contribution >= 4 is 28.2 Å². The second-order valence-corrected chi connectivity index (χ2v) is 8.92. The zero-order valence-electron chi connectivity index (χ0n) is 21.7. The van der Waals surface area contributed by atoms with Crippen molar-refractivity contribution in [1.82, 2.24) is 10.4 Å². The summed E-state index contributed by atoms with van der Waals surface area (Å²) in [5.41, 5.74) is 8.09. The topological polar surface area (TPSA) is 85.3 Å². The molecule has 0 bridgehead atoms. The molecule has 1 N–H and O–H groups in total. The highest BCUT2D eigenvalue weighted by molar-refractivity contribution is 6.08. The number of hydrogen-bond acceptors (Lipinski definition) is 7. The molecule has 1 amide bonds. The molecule has 4 aromatic rings. The lowest BCUT2D eigenvalue weighted by Gasteiger charge is -2.28. The van der Waals surface area contributed by atoms with Crippen LogP contribution in [0.1, 0.15) is 22.8 Å². The molecule has 0 saturated carbocycles. The quantitative estimate of drug-likeness (QED) is 0.281. The average molecular weight is 511 g/mol. The third-order valence-electron chi connectivity index (χ3n) is 6.63. The van der Waals surface area contributed by atoms with E-state index < -0.39 is 0 Å². The Balaban J connectivity index is 1.41. The number of hydrogen-bond donors (Lipinski definition) is 1. The van der Waals surface area contributed by atoms with Crippen LogP contribution in [-0.2, 0) is 4.74 Å². The van der Waals surface area contributed by atoms with Gasteiger partial charge in [0.05, 0.1) is 49.9 Å². The minimum absolute atomic E-state index is 0.318. The number of carbonyl (C=O) groups is 1. The molecule has 2 heterocycles. The lowest BCUT2D eigenvalue weighted by molar-refractivity contribution is 0.0956. The van der Waals surface area contributed by atoms with Gasteiger partial charge in [0.15, 0.2) is 0 Å². The molecule has 38 heavy (non-hydrogen) atoms. The normalized spacial score (nSPS) is 13.9. The number of rotatable bonds is 7. The highest BCUT2D eigenvalue weighted by Gasteiger charge is 2.17. The van der Waals surface area contributed by atoms with Crippen LogP contribution in [0, 0.1) is 0 Å². The second-order valence-electron chi connectivity index (χ2n) is 8.92. The molecule has 3 aromatic carbocycles. The van der Waals surface area contributed by atoms with Crippen molar-refractivity contribution in [1.29, 1.82) is 0 Å². The van der Waals surface area contributed by atoms with Crippen LogP contribution >= 0.6 is 0 Å². The van der Waals surface area contributed by atoms with E-state index in [1.54, 1.807) is 26.4 Å². The highest BCUT2D eigenvalue weighted by atomic mass is 16.5. The lowest BCUT2D eigenvalue weighted by Crippen LogP contribution is -2.36. The Labute approximate surface area is 221 Å². The molecule has 0 radical (unpaired) electrons. The maximum atomic E-state index is 13.4. The molecule has 0 unspecified atom stereocenters. The van der Waals surface area contributed by atoms with Gasteiger partial charge in [-0.15, -0.1) is 0 Å². The van der Waals surface area contributed by atoms with E-state index in [1.807, 2.05) is 55.5 Å². The number of ether oxygens (including phenoxy) is 3. The number of methoxy groups -OCH3 is 2. The summed E-state index contributed by atoms with van der Waals surface area (Å²) in [6.45, 7) is 5.12. The maximum absolute atomic E-state index is 13.4. The standard InChI is InChI=1S/C30H30N4O4/c1-20(21-8-10-22(11-9-21)34-14-16-38-17-15-34)32-33-30(35)26-19-28(31-27-7-5-4-6-24(26)27)25-13-12-23(36-2)18-29(25)37-3/h4-13,18-19H,14-17H2,1-3H3,(H,33,35)/b32-20-. The van der Waals surface area contributed by atoms with Crippen molar-refractivity contribution in [2.24, 2.45) is 5.10 Å². The molecule has 1 aromatic heterocycles. The summed E-state index contributed by atoms with van der Waals surface area (Å²) in [7, 11) is 3.20. The monoisotopic (exact) mass is 510 g/mol. The number of benzene rings is 3.